The summed E-state index contributed by atoms with van der Waals surface area (Å²) in [5, 5.41) is 0. The van der Waals surface area contributed by atoms with Gasteiger partial charge in [-0.05, 0) is 55.4 Å². The van der Waals surface area contributed by atoms with E-state index in [1.807, 2.05) is 40.7 Å². The van der Waals surface area contributed by atoms with Gasteiger partial charge in [0.25, 0.3) is 0 Å². The minimum Gasteiger partial charge on any atom is -0.406 e. The molecule has 0 aromatic heterocycles. The lowest BCUT2D eigenvalue weighted by molar-refractivity contribution is -0.274. The highest BCUT2D eigenvalue weighted by molar-refractivity contribution is 5.38. The molecule has 0 aliphatic rings. The average molecular weight is 303 g/mol. The molecule has 0 amide bonds. The summed E-state index contributed by atoms with van der Waals surface area (Å²) < 4.78 is 41.4. The quantitative estimate of drug-likeness (QED) is 0.885. The summed E-state index contributed by atoms with van der Waals surface area (Å²) in [5.41, 5.74) is 6.95. The molecule has 1 rings (SSSR count). The molecule has 1 aromatic rings. The van der Waals surface area contributed by atoms with E-state index in [1.54, 1.807) is 0 Å². The van der Waals surface area contributed by atoms with E-state index < -0.39 is 6.36 Å². The lowest BCUT2D eigenvalue weighted by Crippen LogP contribution is -2.32. The summed E-state index contributed by atoms with van der Waals surface area (Å²) in [6.45, 7) is 9.66. The minimum absolute atomic E-state index is 0.167. The Labute approximate surface area is 124 Å². The smallest absolute Gasteiger partial charge is 0.406 e. The normalized spacial score (nSPS) is 13.4. The SMILES string of the molecule is CC(C)(N)CCc1cc(OC(F)(F)F)cc(C(C)(C)C)c1. The Kier molecular flexibility index (Phi) is 4.98. The maximum atomic E-state index is 12.4. The van der Waals surface area contributed by atoms with E-state index in [2.05, 4.69) is 4.74 Å². The first-order chi connectivity index (χ1) is 9.26. The van der Waals surface area contributed by atoms with E-state index in [0.29, 0.717) is 12.8 Å². The lowest BCUT2D eigenvalue weighted by Gasteiger charge is -2.23. The van der Waals surface area contributed by atoms with E-state index >= 15 is 0 Å². The summed E-state index contributed by atoms with van der Waals surface area (Å²) in [4.78, 5) is 0. The van der Waals surface area contributed by atoms with Gasteiger partial charge < -0.3 is 10.5 Å². The number of nitrogens with two attached hydrogens (primary N) is 1. The van der Waals surface area contributed by atoms with Crippen LogP contribution in [0.4, 0.5) is 13.2 Å². The second kappa shape index (κ2) is 5.87. The van der Waals surface area contributed by atoms with Crippen LogP contribution in [0, 0.1) is 0 Å². The molecule has 1 aromatic carbocycles. The predicted octanol–water partition coefficient (Wildman–Crippen LogP) is 4.55. The zero-order chi connectivity index (χ0) is 16.5. The van der Waals surface area contributed by atoms with Crippen molar-refractivity contribution in [1.29, 1.82) is 0 Å². The third kappa shape index (κ3) is 6.85. The molecule has 0 spiro atoms. The van der Waals surface area contributed by atoms with Crippen LogP contribution < -0.4 is 10.5 Å². The maximum Gasteiger partial charge on any atom is 0.573 e. The minimum atomic E-state index is -4.68. The number of benzene rings is 1. The first-order valence-electron chi connectivity index (χ1n) is 6.95. The van der Waals surface area contributed by atoms with Crippen LogP contribution in [0.5, 0.6) is 5.75 Å². The Bertz CT molecular complexity index is 482. The summed E-state index contributed by atoms with van der Waals surface area (Å²) in [5.74, 6) is -0.167. The third-order valence-electron chi connectivity index (χ3n) is 3.12. The Morgan fingerprint density at radius 3 is 2.00 bits per heavy atom. The topological polar surface area (TPSA) is 35.2 Å². The van der Waals surface area contributed by atoms with Crippen molar-refractivity contribution in [3.8, 4) is 5.75 Å². The van der Waals surface area contributed by atoms with Crippen LogP contribution in [-0.4, -0.2) is 11.9 Å². The number of halogens is 3. The van der Waals surface area contributed by atoms with Crippen LogP contribution in [0.15, 0.2) is 18.2 Å². The highest BCUT2D eigenvalue weighted by atomic mass is 19.4. The van der Waals surface area contributed by atoms with Crippen molar-refractivity contribution in [2.24, 2.45) is 5.73 Å². The van der Waals surface area contributed by atoms with Crippen molar-refractivity contribution in [3.63, 3.8) is 0 Å². The van der Waals surface area contributed by atoms with Crippen LogP contribution in [0.3, 0.4) is 0 Å². The number of hydrogen-bond acceptors (Lipinski definition) is 2. The molecule has 0 radical (unpaired) electrons. The van der Waals surface area contributed by atoms with Crippen LogP contribution in [0.2, 0.25) is 0 Å². The van der Waals surface area contributed by atoms with Gasteiger partial charge in [0.2, 0.25) is 0 Å². The second-order valence-corrected chi connectivity index (χ2v) is 7.15. The van der Waals surface area contributed by atoms with Gasteiger partial charge in [-0.3, -0.25) is 0 Å². The molecule has 21 heavy (non-hydrogen) atoms. The summed E-state index contributed by atoms with van der Waals surface area (Å²) in [6.07, 6.45) is -3.38. The van der Waals surface area contributed by atoms with Crippen molar-refractivity contribution < 1.29 is 17.9 Å². The average Bonchev–Trinajstić information content (AvgIpc) is 2.21. The Hall–Kier alpha value is -1.23. The van der Waals surface area contributed by atoms with E-state index in [0.717, 1.165) is 11.1 Å². The van der Waals surface area contributed by atoms with E-state index in [9.17, 15) is 13.2 Å². The van der Waals surface area contributed by atoms with Crippen molar-refractivity contribution in [2.45, 2.75) is 64.8 Å². The molecule has 2 nitrogen and oxygen atoms in total. The van der Waals surface area contributed by atoms with Gasteiger partial charge in [0.15, 0.2) is 0 Å². The molecular formula is C16H24F3NO. The number of aryl methyl sites for hydroxylation is 1. The third-order valence-corrected chi connectivity index (χ3v) is 3.12. The van der Waals surface area contributed by atoms with Crippen molar-refractivity contribution in [2.75, 3.05) is 0 Å². The zero-order valence-corrected chi connectivity index (χ0v) is 13.3. The van der Waals surface area contributed by atoms with Gasteiger partial charge in [0.1, 0.15) is 5.75 Å². The molecule has 0 aliphatic carbocycles. The molecule has 0 aliphatic heterocycles. The highest BCUT2D eigenvalue weighted by Gasteiger charge is 2.31. The largest absolute Gasteiger partial charge is 0.573 e. The fourth-order valence-electron chi connectivity index (χ4n) is 1.90. The molecule has 0 heterocycles. The molecule has 0 bridgehead atoms. The number of alkyl halides is 3. The zero-order valence-electron chi connectivity index (χ0n) is 13.3. The number of hydrogen-bond donors (Lipinski definition) is 1. The van der Waals surface area contributed by atoms with Gasteiger partial charge in [0.05, 0.1) is 0 Å². The molecule has 2 N–H and O–H groups in total. The molecule has 0 atom stereocenters. The Morgan fingerprint density at radius 2 is 1.57 bits per heavy atom. The van der Waals surface area contributed by atoms with Gasteiger partial charge in [-0.2, -0.15) is 0 Å². The molecule has 120 valence electrons. The van der Waals surface area contributed by atoms with E-state index in [4.69, 9.17) is 5.73 Å². The fourth-order valence-corrected chi connectivity index (χ4v) is 1.90. The molecule has 0 unspecified atom stereocenters. The highest BCUT2D eigenvalue weighted by Crippen LogP contribution is 2.31. The van der Waals surface area contributed by atoms with Crippen LogP contribution in [-0.2, 0) is 11.8 Å². The second-order valence-electron chi connectivity index (χ2n) is 7.15. The predicted molar refractivity (Wildman–Crippen MR) is 78.4 cm³/mol. The van der Waals surface area contributed by atoms with E-state index in [1.165, 1.54) is 12.1 Å². The van der Waals surface area contributed by atoms with Crippen molar-refractivity contribution in [3.05, 3.63) is 29.3 Å². The van der Waals surface area contributed by atoms with Crippen LogP contribution in [0.1, 0.15) is 52.2 Å². The van der Waals surface area contributed by atoms with Crippen LogP contribution in [0.25, 0.3) is 0 Å². The van der Waals surface area contributed by atoms with Gasteiger partial charge in [-0.25, -0.2) is 0 Å². The fraction of sp³-hybridized carbons (Fsp3) is 0.625. The standard InChI is InChI=1S/C16H24F3NO/c1-14(2,3)12-8-11(6-7-15(4,5)20)9-13(10-12)21-16(17,18)19/h8-10H,6-7,20H2,1-5H3. The molecule has 0 saturated carbocycles. The lowest BCUT2D eigenvalue weighted by atomic mass is 9.85. The Balaban J connectivity index is 3.10. The van der Waals surface area contributed by atoms with Gasteiger partial charge in [0, 0.05) is 5.54 Å². The maximum absolute atomic E-state index is 12.4. The van der Waals surface area contributed by atoms with Gasteiger partial charge in [-0.15, -0.1) is 13.2 Å². The van der Waals surface area contributed by atoms with Crippen molar-refractivity contribution in [1.82, 2.24) is 0 Å². The molecule has 0 saturated heterocycles. The number of ether oxygens (including phenoxy) is 1. The Morgan fingerprint density at radius 1 is 1.00 bits per heavy atom. The first-order valence-corrected chi connectivity index (χ1v) is 6.95. The molecular weight excluding hydrogens is 279 g/mol. The van der Waals surface area contributed by atoms with Crippen molar-refractivity contribution >= 4 is 0 Å². The van der Waals surface area contributed by atoms with Gasteiger partial charge >= 0.3 is 6.36 Å². The van der Waals surface area contributed by atoms with E-state index in [-0.39, 0.29) is 16.7 Å². The molecule has 0 fully saturated rings. The first kappa shape index (κ1) is 17.8. The number of rotatable bonds is 4. The molecule has 5 heteroatoms. The summed E-state index contributed by atoms with van der Waals surface area (Å²) in [6, 6.07) is 4.81. The summed E-state index contributed by atoms with van der Waals surface area (Å²) in [7, 11) is 0. The monoisotopic (exact) mass is 303 g/mol. The van der Waals surface area contributed by atoms with Gasteiger partial charge in [-0.1, -0.05) is 26.8 Å². The summed E-state index contributed by atoms with van der Waals surface area (Å²) >= 11 is 0. The van der Waals surface area contributed by atoms with Crippen LogP contribution >= 0.6 is 0 Å².